The molecule has 3 rings (SSSR count). The summed E-state index contributed by atoms with van der Waals surface area (Å²) in [4.78, 5) is 21.8. The lowest BCUT2D eigenvalue weighted by molar-refractivity contribution is 0.264. The van der Waals surface area contributed by atoms with Crippen LogP contribution in [0.4, 0.5) is 5.69 Å². The zero-order chi connectivity index (χ0) is 23.8. The SMILES string of the molecule is CC.CC.COP(=O)(O)COc1cc(-c2oc3cc(N)ccc3c(=O)c2O)ccc1O. The summed E-state index contributed by atoms with van der Waals surface area (Å²) < 4.78 is 26.6. The first-order chi connectivity index (χ1) is 14.7. The molecule has 0 saturated carbocycles. The third-order valence-electron chi connectivity index (χ3n) is 3.78. The lowest BCUT2D eigenvalue weighted by Crippen LogP contribution is -2.03. The normalized spacial score (nSPS) is 12.1. The quantitative estimate of drug-likeness (QED) is 0.319. The van der Waals surface area contributed by atoms with Crippen molar-refractivity contribution in [2.45, 2.75) is 27.7 Å². The Morgan fingerprint density at radius 2 is 1.71 bits per heavy atom. The fraction of sp³-hybridized carbons (Fsp3) is 0.286. The maximum atomic E-state index is 12.4. The smallest absolute Gasteiger partial charge is 0.364 e. The van der Waals surface area contributed by atoms with E-state index >= 15 is 0 Å². The van der Waals surface area contributed by atoms with Crippen molar-refractivity contribution in [1.29, 1.82) is 0 Å². The number of rotatable bonds is 5. The van der Waals surface area contributed by atoms with Crippen molar-refractivity contribution >= 4 is 24.3 Å². The second kappa shape index (κ2) is 11.4. The van der Waals surface area contributed by atoms with Crippen molar-refractivity contribution in [1.82, 2.24) is 0 Å². The zero-order valence-electron chi connectivity index (χ0n) is 18.1. The molecule has 170 valence electrons. The second-order valence-corrected chi connectivity index (χ2v) is 7.54. The van der Waals surface area contributed by atoms with Gasteiger partial charge in [0.1, 0.15) is 5.58 Å². The van der Waals surface area contributed by atoms with Crippen molar-refractivity contribution < 1.29 is 33.3 Å². The molecule has 9 nitrogen and oxygen atoms in total. The number of hydrogen-bond acceptors (Lipinski definition) is 8. The van der Waals surface area contributed by atoms with Gasteiger partial charge in [-0.3, -0.25) is 9.36 Å². The van der Waals surface area contributed by atoms with Gasteiger partial charge in [-0.1, -0.05) is 27.7 Å². The van der Waals surface area contributed by atoms with Crippen LogP contribution in [0.25, 0.3) is 22.3 Å². The number of phenolic OH excluding ortho intramolecular Hbond substituents is 1. The Bertz CT molecular complexity index is 1130. The van der Waals surface area contributed by atoms with Crippen molar-refractivity contribution in [2.24, 2.45) is 0 Å². The summed E-state index contributed by atoms with van der Waals surface area (Å²) in [6.45, 7) is 8.00. The average molecular weight is 453 g/mol. The van der Waals surface area contributed by atoms with Gasteiger partial charge >= 0.3 is 7.60 Å². The van der Waals surface area contributed by atoms with Crippen LogP contribution in [0, 0.1) is 0 Å². The van der Waals surface area contributed by atoms with Crippen LogP contribution >= 0.6 is 7.60 Å². The Hall–Kier alpha value is -3.00. The first-order valence-electron chi connectivity index (χ1n) is 9.61. The Labute approximate surface area is 180 Å². The fourth-order valence-corrected chi connectivity index (χ4v) is 2.78. The Balaban J connectivity index is 0.00000113. The number of fused-ring (bicyclic) bond motifs is 1. The highest BCUT2D eigenvalue weighted by Crippen LogP contribution is 2.43. The lowest BCUT2D eigenvalue weighted by atomic mass is 10.1. The van der Waals surface area contributed by atoms with E-state index in [0.29, 0.717) is 5.69 Å². The molecule has 0 spiro atoms. The molecule has 1 unspecified atom stereocenters. The highest BCUT2D eigenvalue weighted by Gasteiger charge is 2.21. The van der Waals surface area contributed by atoms with Gasteiger partial charge in [0.2, 0.25) is 11.2 Å². The summed E-state index contributed by atoms with van der Waals surface area (Å²) >= 11 is 0. The van der Waals surface area contributed by atoms with E-state index in [2.05, 4.69) is 4.52 Å². The van der Waals surface area contributed by atoms with E-state index in [4.69, 9.17) is 14.9 Å². The van der Waals surface area contributed by atoms with Crippen molar-refractivity contribution in [3.8, 4) is 28.6 Å². The van der Waals surface area contributed by atoms with Gasteiger partial charge in [0.05, 0.1) is 5.39 Å². The lowest BCUT2D eigenvalue weighted by Gasteiger charge is -2.13. The third-order valence-corrected chi connectivity index (χ3v) is 4.81. The van der Waals surface area contributed by atoms with Gasteiger partial charge in [-0.25, -0.2) is 0 Å². The summed E-state index contributed by atoms with van der Waals surface area (Å²) in [7, 11) is -2.92. The largest absolute Gasteiger partial charge is 0.504 e. The first-order valence-corrected chi connectivity index (χ1v) is 11.4. The zero-order valence-corrected chi connectivity index (χ0v) is 19.0. The molecular formula is C21H28NO8P. The predicted molar refractivity (Wildman–Crippen MR) is 121 cm³/mol. The highest BCUT2D eigenvalue weighted by molar-refractivity contribution is 7.52. The van der Waals surface area contributed by atoms with E-state index in [1.807, 2.05) is 27.7 Å². The molecule has 31 heavy (non-hydrogen) atoms. The number of anilines is 1. The summed E-state index contributed by atoms with van der Waals surface area (Å²) in [6, 6.07) is 8.25. The fourth-order valence-electron chi connectivity index (χ4n) is 2.37. The maximum absolute atomic E-state index is 12.4. The van der Waals surface area contributed by atoms with E-state index in [9.17, 15) is 24.5 Å². The monoisotopic (exact) mass is 453 g/mol. The minimum atomic E-state index is -3.97. The van der Waals surface area contributed by atoms with E-state index in [-0.39, 0.29) is 33.8 Å². The van der Waals surface area contributed by atoms with Crippen molar-refractivity contribution in [2.75, 3.05) is 19.2 Å². The molecule has 1 aromatic heterocycles. The molecule has 10 heteroatoms. The first kappa shape index (κ1) is 26.0. The number of ether oxygens (including phenoxy) is 1. The summed E-state index contributed by atoms with van der Waals surface area (Å²) in [5.41, 5.74) is 5.79. The van der Waals surface area contributed by atoms with Gasteiger partial charge < -0.3 is 34.5 Å². The van der Waals surface area contributed by atoms with Crippen LogP contribution in [0.15, 0.2) is 45.6 Å². The maximum Gasteiger partial charge on any atom is 0.364 e. The molecule has 0 bridgehead atoms. The molecule has 0 aliphatic carbocycles. The number of nitrogens with two attached hydrogens (primary N) is 1. The van der Waals surface area contributed by atoms with Gasteiger partial charge in [0, 0.05) is 24.4 Å². The van der Waals surface area contributed by atoms with Gasteiger partial charge in [0.25, 0.3) is 0 Å². The number of hydrogen-bond donors (Lipinski definition) is 4. The van der Waals surface area contributed by atoms with Gasteiger partial charge in [-0.2, -0.15) is 0 Å². The number of aromatic hydroxyl groups is 2. The predicted octanol–water partition coefficient (Wildman–Crippen LogP) is 4.67. The Kier molecular flexibility index (Phi) is 9.58. The van der Waals surface area contributed by atoms with E-state index in [1.165, 1.54) is 36.4 Å². The number of nitrogen functional groups attached to an aromatic ring is 1. The Morgan fingerprint density at radius 3 is 2.32 bits per heavy atom. The molecule has 0 saturated heterocycles. The topological polar surface area (TPSA) is 152 Å². The molecule has 0 radical (unpaired) electrons. The van der Waals surface area contributed by atoms with Crippen LogP contribution in [-0.4, -0.2) is 28.6 Å². The second-order valence-electron chi connectivity index (χ2n) is 5.64. The molecule has 5 N–H and O–H groups in total. The average Bonchev–Trinajstić information content (AvgIpc) is 2.78. The molecule has 0 fully saturated rings. The van der Waals surface area contributed by atoms with Crippen LogP contribution < -0.4 is 15.9 Å². The molecule has 0 aliphatic heterocycles. The molecule has 0 aliphatic rings. The van der Waals surface area contributed by atoms with Gasteiger partial charge in [-0.15, -0.1) is 0 Å². The standard InChI is InChI=1S/C17H16NO8P.2C2H6/c1-24-27(22,23)8-25-14-6-9(2-5-12(14)19)17-16(21)15(20)11-4-3-10(18)7-13(11)26-17;2*1-2/h2-7,19,21H,8,18H2,1H3,(H,22,23);2*1-2H3. The molecule has 2 aromatic carbocycles. The molecule has 1 atom stereocenters. The molecule has 0 amide bonds. The summed E-state index contributed by atoms with van der Waals surface area (Å²) in [5.74, 6) is -1.27. The van der Waals surface area contributed by atoms with Gasteiger partial charge in [0.15, 0.2) is 23.6 Å². The number of benzene rings is 2. The van der Waals surface area contributed by atoms with Crippen LogP contribution in [0.3, 0.4) is 0 Å². The summed E-state index contributed by atoms with van der Waals surface area (Å²) in [6.07, 6.45) is -0.704. The molecule has 3 aromatic rings. The van der Waals surface area contributed by atoms with E-state index in [1.54, 1.807) is 0 Å². The minimum absolute atomic E-state index is 0.155. The third kappa shape index (κ3) is 6.24. The highest BCUT2D eigenvalue weighted by atomic mass is 31.2. The van der Waals surface area contributed by atoms with Crippen LogP contribution in [0.1, 0.15) is 27.7 Å². The van der Waals surface area contributed by atoms with Crippen molar-refractivity contribution in [3.63, 3.8) is 0 Å². The van der Waals surface area contributed by atoms with Crippen molar-refractivity contribution in [3.05, 3.63) is 46.6 Å². The Morgan fingerprint density at radius 1 is 1.06 bits per heavy atom. The van der Waals surface area contributed by atoms with Gasteiger partial charge in [-0.05, 0) is 30.3 Å². The molecule has 1 heterocycles. The molecular weight excluding hydrogens is 425 g/mol. The van der Waals surface area contributed by atoms with Crippen LogP contribution in [0.2, 0.25) is 0 Å². The van der Waals surface area contributed by atoms with Crippen LogP contribution in [0.5, 0.6) is 17.2 Å². The minimum Gasteiger partial charge on any atom is -0.504 e. The van der Waals surface area contributed by atoms with E-state index in [0.717, 1.165) is 7.11 Å². The summed E-state index contributed by atoms with van der Waals surface area (Å²) in [5, 5.41) is 20.3. The number of phenols is 1. The van der Waals surface area contributed by atoms with E-state index < -0.39 is 25.1 Å². The van der Waals surface area contributed by atoms with Crippen LogP contribution in [-0.2, 0) is 9.09 Å².